The number of aromatic nitrogens is 1. The van der Waals surface area contributed by atoms with Crippen LogP contribution in [0.15, 0.2) is 77.7 Å². The lowest BCUT2D eigenvalue weighted by molar-refractivity contribution is -0.138. The molecule has 1 aliphatic rings. The first-order valence-corrected chi connectivity index (χ1v) is 14.0. The number of carbonyl (C=O) groups excluding carboxylic acids is 2. The Balaban J connectivity index is 1.29. The van der Waals surface area contributed by atoms with Gasteiger partial charge in [0.2, 0.25) is 0 Å². The molecule has 2 N–H and O–H groups in total. The summed E-state index contributed by atoms with van der Waals surface area (Å²) >= 11 is 6.22. The van der Waals surface area contributed by atoms with Crippen LogP contribution in [0.4, 0.5) is 24.5 Å². The number of piperazine rings is 1. The number of carbonyl (C=O) groups is 2. The SMILES string of the molecule is CCN1CCN(Cc2ccc(NC(=O)c3cc(Cl)cc(NC(=O)c4cncc(-c5ccco5)c4)c3)cc2C(F)(F)F)CC1. The molecule has 3 heterocycles. The maximum atomic E-state index is 14.0. The van der Waals surface area contributed by atoms with Crippen molar-refractivity contribution in [3.8, 4) is 11.3 Å². The summed E-state index contributed by atoms with van der Waals surface area (Å²) in [6, 6.07) is 13.1. The van der Waals surface area contributed by atoms with Crippen LogP contribution in [-0.2, 0) is 12.7 Å². The number of pyridine rings is 1. The third-order valence-corrected chi connectivity index (χ3v) is 7.42. The molecule has 0 saturated carbocycles. The van der Waals surface area contributed by atoms with Crippen molar-refractivity contribution in [2.75, 3.05) is 43.4 Å². The number of furan rings is 1. The van der Waals surface area contributed by atoms with Gasteiger partial charge in [-0.1, -0.05) is 24.6 Å². The number of amides is 2. The summed E-state index contributed by atoms with van der Waals surface area (Å²) in [5, 5.41) is 5.36. The van der Waals surface area contributed by atoms with Crippen molar-refractivity contribution in [3.63, 3.8) is 0 Å². The van der Waals surface area contributed by atoms with Gasteiger partial charge in [0.25, 0.3) is 11.8 Å². The number of benzene rings is 2. The molecule has 0 radical (unpaired) electrons. The highest BCUT2D eigenvalue weighted by molar-refractivity contribution is 6.31. The first kappa shape index (κ1) is 30.3. The second-order valence-corrected chi connectivity index (χ2v) is 10.6. The summed E-state index contributed by atoms with van der Waals surface area (Å²) in [7, 11) is 0. The van der Waals surface area contributed by atoms with E-state index in [0.29, 0.717) is 24.4 Å². The molecule has 43 heavy (non-hydrogen) atoms. The van der Waals surface area contributed by atoms with Crippen molar-refractivity contribution < 1.29 is 27.2 Å². The second kappa shape index (κ2) is 13.0. The van der Waals surface area contributed by atoms with Crippen molar-refractivity contribution >= 4 is 34.8 Å². The Hall–Kier alpha value is -4.19. The number of alkyl halides is 3. The van der Waals surface area contributed by atoms with E-state index in [-0.39, 0.29) is 39.6 Å². The van der Waals surface area contributed by atoms with Crippen LogP contribution in [0.2, 0.25) is 5.02 Å². The molecule has 2 amide bonds. The molecule has 0 unspecified atom stereocenters. The van der Waals surface area contributed by atoms with Crippen molar-refractivity contribution in [1.29, 1.82) is 0 Å². The number of hydrogen-bond acceptors (Lipinski definition) is 6. The zero-order chi connectivity index (χ0) is 30.6. The first-order chi connectivity index (χ1) is 20.6. The third-order valence-electron chi connectivity index (χ3n) is 7.20. The van der Waals surface area contributed by atoms with Gasteiger partial charge in [0.15, 0.2) is 0 Å². The van der Waals surface area contributed by atoms with Crippen LogP contribution in [0.25, 0.3) is 11.3 Å². The molecule has 2 aromatic heterocycles. The van der Waals surface area contributed by atoms with Crippen LogP contribution >= 0.6 is 11.6 Å². The van der Waals surface area contributed by atoms with Gasteiger partial charge in [-0.15, -0.1) is 0 Å². The largest absolute Gasteiger partial charge is 0.464 e. The summed E-state index contributed by atoms with van der Waals surface area (Å²) in [6.45, 7) is 6.12. The van der Waals surface area contributed by atoms with Gasteiger partial charge in [-0.2, -0.15) is 13.2 Å². The monoisotopic (exact) mass is 611 g/mol. The smallest absolute Gasteiger partial charge is 0.416 e. The maximum absolute atomic E-state index is 14.0. The fourth-order valence-electron chi connectivity index (χ4n) is 4.90. The molecule has 1 aliphatic heterocycles. The Kier molecular flexibility index (Phi) is 9.14. The Labute approximate surface area is 251 Å². The minimum absolute atomic E-state index is 0.0109. The zero-order valence-electron chi connectivity index (χ0n) is 23.2. The van der Waals surface area contributed by atoms with Crippen LogP contribution in [0.3, 0.4) is 0 Å². The fourth-order valence-corrected chi connectivity index (χ4v) is 5.14. The minimum Gasteiger partial charge on any atom is -0.464 e. The van der Waals surface area contributed by atoms with E-state index in [1.54, 1.807) is 24.4 Å². The number of rotatable bonds is 8. The number of hydrogen-bond donors (Lipinski definition) is 2. The topological polar surface area (TPSA) is 90.7 Å². The highest BCUT2D eigenvalue weighted by atomic mass is 35.5. The molecular weight excluding hydrogens is 583 g/mol. The summed E-state index contributed by atoms with van der Waals surface area (Å²) in [4.78, 5) is 34.3. The van der Waals surface area contributed by atoms with Gasteiger partial charge in [0.1, 0.15) is 5.76 Å². The van der Waals surface area contributed by atoms with Crippen LogP contribution in [0.1, 0.15) is 38.8 Å². The van der Waals surface area contributed by atoms with Crippen LogP contribution in [-0.4, -0.2) is 59.3 Å². The molecule has 0 bridgehead atoms. The predicted molar refractivity (Wildman–Crippen MR) is 158 cm³/mol. The van der Waals surface area contributed by atoms with E-state index < -0.39 is 23.6 Å². The van der Waals surface area contributed by atoms with Gasteiger partial charge in [-0.05, 0) is 60.6 Å². The number of nitrogens with zero attached hydrogens (tertiary/aromatic N) is 3. The number of likely N-dealkylation sites (N-methyl/N-ethyl adjacent to an activating group) is 1. The summed E-state index contributed by atoms with van der Waals surface area (Å²) < 4.78 is 47.4. The van der Waals surface area contributed by atoms with Gasteiger partial charge < -0.3 is 20.0 Å². The lowest BCUT2D eigenvalue weighted by atomic mass is 10.0. The molecule has 1 fully saturated rings. The second-order valence-electron chi connectivity index (χ2n) is 10.2. The van der Waals surface area contributed by atoms with Crippen molar-refractivity contribution in [3.05, 3.63) is 101 Å². The molecular formula is C31H29ClF3N5O3. The number of anilines is 2. The summed E-state index contributed by atoms with van der Waals surface area (Å²) in [6.07, 6.45) is -0.152. The Bertz CT molecular complexity index is 1600. The lowest BCUT2D eigenvalue weighted by Crippen LogP contribution is -2.45. The van der Waals surface area contributed by atoms with Gasteiger partial charge in [0.05, 0.1) is 17.4 Å². The molecule has 4 aromatic rings. The van der Waals surface area contributed by atoms with E-state index >= 15 is 0 Å². The van der Waals surface area contributed by atoms with Crippen molar-refractivity contribution in [2.24, 2.45) is 0 Å². The maximum Gasteiger partial charge on any atom is 0.416 e. The average Bonchev–Trinajstić information content (AvgIpc) is 3.53. The Morgan fingerprint density at radius 2 is 1.63 bits per heavy atom. The van der Waals surface area contributed by atoms with Gasteiger partial charge in [-0.3, -0.25) is 19.5 Å². The molecule has 5 rings (SSSR count). The van der Waals surface area contributed by atoms with Crippen LogP contribution < -0.4 is 10.6 Å². The van der Waals surface area contributed by atoms with Crippen molar-refractivity contribution in [1.82, 2.24) is 14.8 Å². The van der Waals surface area contributed by atoms with Gasteiger partial charge in [0, 0.05) is 72.6 Å². The summed E-state index contributed by atoms with van der Waals surface area (Å²) in [5.74, 6) is -0.646. The normalized spacial score (nSPS) is 14.4. The fraction of sp³-hybridized carbons (Fsp3) is 0.258. The zero-order valence-corrected chi connectivity index (χ0v) is 24.0. The standard InChI is InChI=1S/C31H29ClF3N5O3/c1-2-39-7-9-40(10-8-39)19-20-5-6-25(16-27(20)31(33,34)35)37-29(41)21-13-24(32)15-26(14-21)38-30(42)23-12-22(17-36-18-23)28-4-3-11-43-28/h3-6,11-18H,2,7-10,19H2,1H3,(H,37,41)(H,38,42). The van der Waals surface area contributed by atoms with E-state index in [1.807, 2.05) is 4.90 Å². The van der Waals surface area contributed by atoms with Gasteiger partial charge >= 0.3 is 6.18 Å². The van der Waals surface area contributed by atoms with Gasteiger partial charge in [-0.25, -0.2) is 0 Å². The first-order valence-electron chi connectivity index (χ1n) is 13.7. The molecule has 0 aliphatic carbocycles. The quantitative estimate of drug-likeness (QED) is 0.232. The molecule has 8 nitrogen and oxygen atoms in total. The highest BCUT2D eigenvalue weighted by Gasteiger charge is 2.34. The minimum atomic E-state index is -4.60. The molecule has 1 saturated heterocycles. The predicted octanol–water partition coefficient (Wildman–Crippen LogP) is 6.66. The van der Waals surface area contributed by atoms with Crippen LogP contribution in [0, 0.1) is 0 Å². The Morgan fingerprint density at radius 3 is 2.33 bits per heavy atom. The molecule has 0 atom stereocenters. The van der Waals surface area contributed by atoms with E-state index in [0.717, 1.165) is 25.7 Å². The van der Waals surface area contributed by atoms with E-state index in [4.69, 9.17) is 16.0 Å². The van der Waals surface area contributed by atoms with E-state index in [9.17, 15) is 22.8 Å². The molecule has 2 aromatic carbocycles. The van der Waals surface area contributed by atoms with Crippen molar-refractivity contribution in [2.45, 2.75) is 19.6 Å². The average molecular weight is 612 g/mol. The van der Waals surface area contributed by atoms with Crippen LogP contribution in [0.5, 0.6) is 0 Å². The third kappa shape index (κ3) is 7.61. The Morgan fingerprint density at radius 1 is 0.907 bits per heavy atom. The molecule has 12 heteroatoms. The van der Waals surface area contributed by atoms with E-state index in [1.165, 1.54) is 42.8 Å². The highest BCUT2D eigenvalue weighted by Crippen LogP contribution is 2.35. The number of halogens is 4. The molecule has 0 spiro atoms. The van der Waals surface area contributed by atoms with E-state index in [2.05, 4.69) is 27.4 Å². The summed E-state index contributed by atoms with van der Waals surface area (Å²) in [5.41, 5.74) is 0.459. The lowest BCUT2D eigenvalue weighted by Gasteiger charge is -2.34. The number of nitrogens with one attached hydrogen (secondary N) is 2. The molecule has 224 valence electrons.